The first-order chi connectivity index (χ1) is 15.1. The van der Waals surface area contributed by atoms with E-state index >= 15 is 0 Å². The van der Waals surface area contributed by atoms with Crippen molar-refractivity contribution in [3.63, 3.8) is 0 Å². The lowest BCUT2D eigenvalue weighted by atomic mass is 9.92. The van der Waals surface area contributed by atoms with Crippen LogP contribution in [0.4, 0.5) is 0 Å². The molecule has 1 N–H and O–H groups in total. The second-order valence-corrected chi connectivity index (χ2v) is 7.80. The van der Waals surface area contributed by atoms with Gasteiger partial charge in [-0.15, -0.1) is 0 Å². The number of ether oxygens (including phenoxy) is 2. The number of rotatable bonds is 6. The summed E-state index contributed by atoms with van der Waals surface area (Å²) in [6, 6.07) is 25.7. The molecular formula is C27H22O4. The predicted molar refractivity (Wildman–Crippen MR) is 123 cm³/mol. The minimum atomic E-state index is -0.914. The second-order valence-electron chi connectivity index (χ2n) is 7.80. The van der Waals surface area contributed by atoms with E-state index in [0.29, 0.717) is 11.3 Å². The van der Waals surface area contributed by atoms with Gasteiger partial charge in [-0.25, -0.2) is 4.79 Å². The summed E-state index contributed by atoms with van der Waals surface area (Å²) >= 11 is 0. The molecule has 5 aromatic rings. The Labute approximate surface area is 180 Å². The standard InChI is InChI=1S/C27H22O4/c1-17-5-2-3-8-24(17)30-15-21(28)16-31-27(29)23-14-12-20-10-9-18-6-4-7-19-11-13-22(23)26(20)25(18)19/h2-14,21,28H,15-16H2,1H3. The zero-order valence-electron chi connectivity index (χ0n) is 17.2. The number of aliphatic hydroxyl groups excluding tert-OH is 1. The summed E-state index contributed by atoms with van der Waals surface area (Å²) in [6.07, 6.45) is -0.914. The van der Waals surface area contributed by atoms with Crippen LogP contribution in [0.3, 0.4) is 0 Å². The number of hydrogen-bond donors (Lipinski definition) is 1. The maximum Gasteiger partial charge on any atom is 0.338 e. The summed E-state index contributed by atoms with van der Waals surface area (Å²) in [6.45, 7) is 1.86. The molecular weight excluding hydrogens is 388 g/mol. The Bertz CT molecular complexity index is 1370. The molecule has 0 radical (unpaired) electrons. The highest BCUT2D eigenvalue weighted by Gasteiger charge is 2.17. The van der Waals surface area contributed by atoms with Crippen LogP contribution in [0.25, 0.3) is 32.3 Å². The zero-order chi connectivity index (χ0) is 21.4. The van der Waals surface area contributed by atoms with E-state index in [9.17, 15) is 9.90 Å². The largest absolute Gasteiger partial charge is 0.490 e. The Hall–Kier alpha value is -3.63. The van der Waals surface area contributed by atoms with Gasteiger partial charge in [0.1, 0.15) is 25.1 Å². The van der Waals surface area contributed by atoms with Gasteiger partial charge in [0, 0.05) is 0 Å². The molecule has 4 heteroatoms. The number of aliphatic hydroxyl groups is 1. The molecule has 0 heterocycles. The SMILES string of the molecule is Cc1ccccc1OCC(O)COC(=O)c1ccc2ccc3cccc4ccc1c2c34. The van der Waals surface area contributed by atoms with Gasteiger partial charge in [-0.05, 0) is 56.9 Å². The highest BCUT2D eigenvalue weighted by Crippen LogP contribution is 2.36. The molecule has 5 aromatic carbocycles. The van der Waals surface area contributed by atoms with Crippen molar-refractivity contribution in [2.45, 2.75) is 13.0 Å². The molecule has 0 spiro atoms. The molecule has 154 valence electrons. The molecule has 0 aromatic heterocycles. The second kappa shape index (κ2) is 7.89. The van der Waals surface area contributed by atoms with Crippen LogP contribution in [0, 0.1) is 6.92 Å². The normalized spacial score (nSPS) is 12.5. The fraction of sp³-hybridized carbons (Fsp3) is 0.148. The van der Waals surface area contributed by atoms with E-state index in [0.717, 1.165) is 37.9 Å². The monoisotopic (exact) mass is 410 g/mol. The van der Waals surface area contributed by atoms with Gasteiger partial charge in [-0.3, -0.25) is 0 Å². The zero-order valence-corrected chi connectivity index (χ0v) is 17.2. The quantitative estimate of drug-likeness (QED) is 0.297. The van der Waals surface area contributed by atoms with Crippen molar-refractivity contribution in [2.75, 3.05) is 13.2 Å². The van der Waals surface area contributed by atoms with E-state index in [4.69, 9.17) is 9.47 Å². The van der Waals surface area contributed by atoms with Crippen LogP contribution in [-0.4, -0.2) is 30.4 Å². The lowest BCUT2D eigenvalue weighted by Gasteiger charge is -2.16. The van der Waals surface area contributed by atoms with E-state index in [2.05, 4.69) is 24.3 Å². The van der Waals surface area contributed by atoms with Crippen LogP contribution in [0.1, 0.15) is 15.9 Å². The molecule has 0 aliphatic carbocycles. The minimum absolute atomic E-state index is 0.0522. The first-order valence-electron chi connectivity index (χ1n) is 10.3. The van der Waals surface area contributed by atoms with Crippen LogP contribution < -0.4 is 4.74 Å². The Morgan fingerprint density at radius 3 is 2.26 bits per heavy atom. The number of para-hydroxylation sites is 1. The maximum atomic E-state index is 12.8. The number of benzene rings is 5. The van der Waals surface area contributed by atoms with Crippen molar-refractivity contribution in [1.29, 1.82) is 0 Å². The third-order valence-electron chi connectivity index (χ3n) is 5.68. The molecule has 31 heavy (non-hydrogen) atoms. The van der Waals surface area contributed by atoms with Gasteiger partial charge in [0.2, 0.25) is 0 Å². The Morgan fingerprint density at radius 1 is 0.806 bits per heavy atom. The molecule has 0 aliphatic rings. The Kier molecular flexibility index (Phi) is 4.92. The van der Waals surface area contributed by atoms with Crippen molar-refractivity contribution in [3.8, 4) is 5.75 Å². The average molecular weight is 410 g/mol. The first kappa shape index (κ1) is 19.3. The topological polar surface area (TPSA) is 55.8 Å². The Morgan fingerprint density at radius 2 is 1.48 bits per heavy atom. The van der Waals surface area contributed by atoms with E-state index in [1.165, 1.54) is 0 Å². The van der Waals surface area contributed by atoms with Crippen molar-refractivity contribution >= 4 is 38.3 Å². The van der Waals surface area contributed by atoms with Crippen molar-refractivity contribution in [3.05, 3.63) is 90.0 Å². The fourth-order valence-electron chi connectivity index (χ4n) is 4.12. The highest BCUT2D eigenvalue weighted by atomic mass is 16.5. The third kappa shape index (κ3) is 3.56. The maximum absolute atomic E-state index is 12.8. The van der Waals surface area contributed by atoms with Crippen molar-refractivity contribution in [2.24, 2.45) is 0 Å². The summed E-state index contributed by atoms with van der Waals surface area (Å²) in [5, 5.41) is 16.7. The molecule has 0 aliphatic heterocycles. The summed E-state index contributed by atoms with van der Waals surface area (Å²) < 4.78 is 11.1. The predicted octanol–water partition coefficient (Wildman–Crippen LogP) is 5.49. The van der Waals surface area contributed by atoms with E-state index in [1.807, 2.05) is 55.5 Å². The Balaban J connectivity index is 1.35. The lowest BCUT2D eigenvalue weighted by molar-refractivity contribution is 0.0131. The third-order valence-corrected chi connectivity index (χ3v) is 5.68. The number of carbonyl (C=O) groups is 1. The smallest absolute Gasteiger partial charge is 0.338 e. The molecule has 4 nitrogen and oxygen atoms in total. The van der Waals surface area contributed by atoms with Gasteiger partial charge in [0.25, 0.3) is 0 Å². The van der Waals surface area contributed by atoms with E-state index in [1.54, 1.807) is 6.07 Å². The summed E-state index contributed by atoms with van der Waals surface area (Å²) in [5.74, 6) is 0.257. The summed E-state index contributed by atoms with van der Waals surface area (Å²) in [7, 11) is 0. The van der Waals surface area contributed by atoms with Gasteiger partial charge < -0.3 is 14.6 Å². The molecule has 0 amide bonds. The summed E-state index contributed by atoms with van der Waals surface area (Å²) in [5.41, 5.74) is 1.48. The van der Waals surface area contributed by atoms with E-state index in [-0.39, 0.29) is 13.2 Å². The number of aryl methyl sites for hydroxylation is 1. The van der Waals surface area contributed by atoms with Gasteiger partial charge in [-0.1, -0.05) is 66.7 Å². The highest BCUT2D eigenvalue weighted by molar-refractivity contribution is 6.25. The van der Waals surface area contributed by atoms with E-state index < -0.39 is 12.1 Å². The van der Waals surface area contributed by atoms with Crippen LogP contribution in [0.5, 0.6) is 5.75 Å². The van der Waals surface area contributed by atoms with Crippen molar-refractivity contribution < 1.29 is 19.4 Å². The van der Waals surface area contributed by atoms with Gasteiger partial charge in [-0.2, -0.15) is 0 Å². The van der Waals surface area contributed by atoms with Crippen LogP contribution >= 0.6 is 0 Å². The molecule has 0 saturated heterocycles. The average Bonchev–Trinajstić information content (AvgIpc) is 2.80. The van der Waals surface area contributed by atoms with Crippen LogP contribution in [0.2, 0.25) is 0 Å². The number of hydrogen-bond acceptors (Lipinski definition) is 4. The minimum Gasteiger partial charge on any atom is -0.490 e. The van der Waals surface area contributed by atoms with Crippen LogP contribution in [0.15, 0.2) is 78.9 Å². The molecule has 0 saturated carbocycles. The lowest BCUT2D eigenvalue weighted by Crippen LogP contribution is -2.25. The molecule has 1 unspecified atom stereocenters. The molecule has 0 fully saturated rings. The molecule has 1 atom stereocenters. The molecule has 0 bridgehead atoms. The summed E-state index contributed by atoms with van der Waals surface area (Å²) in [4.78, 5) is 12.8. The van der Waals surface area contributed by atoms with Gasteiger partial charge in [0.15, 0.2) is 0 Å². The fourth-order valence-corrected chi connectivity index (χ4v) is 4.12. The molecule has 5 rings (SSSR count). The number of esters is 1. The van der Waals surface area contributed by atoms with Crippen molar-refractivity contribution in [1.82, 2.24) is 0 Å². The van der Waals surface area contributed by atoms with Gasteiger partial charge >= 0.3 is 5.97 Å². The first-order valence-corrected chi connectivity index (χ1v) is 10.3. The van der Waals surface area contributed by atoms with Gasteiger partial charge in [0.05, 0.1) is 5.56 Å². The number of carbonyl (C=O) groups excluding carboxylic acids is 1. The van der Waals surface area contributed by atoms with Crippen LogP contribution in [-0.2, 0) is 4.74 Å².